The number of amides is 2. The van der Waals surface area contributed by atoms with E-state index >= 15 is 0 Å². The van der Waals surface area contributed by atoms with Gasteiger partial charge in [-0.05, 0) is 75.4 Å². The summed E-state index contributed by atoms with van der Waals surface area (Å²) < 4.78 is 19.3. The van der Waals surface area contributed by atoms with Gasteiger partial charge < -0.3 is 15.0 Å². The van der Waals surface area contributed by atoms with Crippen molar-refractivity contribution in [2.24, 2.45) is 5.92 Å². The van der Waals surface area contributed by atoms with Gasteiger partial charge in [0, 0.05) is 43.9 Å². The van der Waals surface area contributed by atoms with Crippen LogP contribution in [0.15, 0.2) is 54.2 Å². The molecule has 7 heteroatoms. The highest BCUT2D eigenvalue weighted by molar-refractivity contribution is 5.98. The van der Waals surface area contributed by atoms with E-state index in [4.69, 9.17) is 4.74 Å². The largest absolute Gasteiger partial charge is 0.444 e. The minimum atomic E-state index is -0.615. The molecule has 2 aliphatic heterocycles. The molecule has 2 aromatic rings. The highest BCUT2D eigenvalue weighted by Gasteiger charge is 2.36. The molecule has 0 spiro atoms. The van der Waals surface area contributed by atoms with E-state index in [1.807, 2.05) is 70.0 Å². The van der Waals surface area contributed by atoms with Crippen LogP contribution in [0, 0.1) is 25.6 Å². The van der Waals surface area contributed by atoms with Crippen molar-refractivity contribution in [3.8, 4) is 0 Å². The van der Waals surface area contributed by atoms with Crippen LogP contribution in [0.1, 0.15) is 60.3 Å². The van der Waals surface area contributed by atoms with Crippen molar-refractivity contribution in [1.29, 1.82) is 0 Å². The van der Waals surface area contributed by atoms with Crippen molar-refractivity contribution < 1.29 is 18.7 Å². The van der Waals surface area contributed by atoms with Crippen LogP contribution >= 0.6 is 0 Å². The topological polar surface area (TPSA) is 61.9 Å². The number of nitrogens with one attached hydrogen (secondary N) is 1. The average Bonchev–Trinajstić information content (AvgIpc) is 3.34. The third-order valence-corrected chi connectivity index (χ3v) is 6.78. The fourth-order valence-corrected chi connectivity index (χ4v) is 5.11. The van der Waals surface area contributed by atoms with Gasteiger partial charge in [0.05, 0.1) is 6.04 Å². The summed E-state index contributed by atoms with van der Waals surface area (Å²) in [6.45, 7) is 12.4. The normalized spacial score (nSPS) is 18.6. The maximum atomic E-state index is 13.9. The van der Waals surface area contributed by atoms with E-state index in [0.717, 1.165) is 36.3 Å². The molecule has 1 saturated heterocycles. The van der Waals surface area contributed by atoms with Gasteiger partial charge >= 0.3 is 6.09 Å². The smallest absolute Gasteiger partial charge is 0.408 e. The first kappa shape index (κ1) is 25.9. The number of rotatable bonds is 6. The lowest BCUT2D eigenvalue weighted by Crippen LogP contribution is -2.37. The molecule has 1 N–H and O–H groups in total. The number of benzene rings is 2. The summed E-state index contributed by atoms with van der Waals surface area (Å²) in [5.74, 6) is 0.0366. The molecule has 2 heterocycles. The van der Waals surface area contributed by atoms with Gasteiger partial charge in [0.2, 0.25) is 0 Å². The monoisotopic (exact) mass is 493 g/mol. The highest BCUT2D eigenvalue weighted by Crippen LogP contribution is 2.32. The van der Waals surface area contributed by atoms with Crippen molar-refractivity contribution in [3.05, 3.63) is 82.3 Å². The Balaban J connectivity index is 1.39. The van der Waals surface area contributed by atoms with Crippen LogP contribution < -0.4 is 5.32 Å². The fraction of sp³-hybridized carbons (Fsp3) is 0.448. The maximum Gasteiger partial charge on any atom is 0.408 e. The van der Waals surface area contributed by atoms with E-state index in [0.29, 0.717) is 24.4 Å². The summed E-state index contributed by atoms with van der Waals surface area (Å²) >= 11 is 0. The Morgan fingerprint density at radius 1 is 1.11 bits per heavy atom. The number of likely N-dealkylation sites (tertiary alicyclic amines) is 1. The molecule has 2 aromatic carbocycles. The number of halogens is 1. The second kappa shape index (κ2) is 10.4. The minimum absolute atomic E-state index is 0.0618. The van der Waals surface area contributed by atoms with E-state index in [-0.39, 0.29) is 17.8 Å². The zero-order chi connectivity index (χ0) is 26.0. The summed E-state index contributed by atoms with van der Waals surface area (Å²) in [4.78, 5) is 29.8. The number of hydrogen-bond acceptors (Lipinski definition) is 4. The number of fused-ring (bicyclic) bond motifs is 1. The molecule has 0 saturated carbocycles. The average molecular weight is 494 g/mol. The number of carbonyl (C=O) groups is 2. The third-order valence-electron chi connectivity index (χ3n) is 6.78. The molecular formula is C29H36FN3O3. The Hall–Kier alpha value is -3.19. The zero-order valence-electron chi connectivity index (χ0n) is 21.8. The Morgan fingerprint density at radius 2 is 1.81 bits per heavy atom. The number of nitrogens with zero attached hydrogens (tertiary/aromatic N) is 2. The molecule has 4 rings (SSSR count). The lowest BCUT2D eigenvalue weighted by molar-refractivity contribution is 0.0498. The van der Waals surface area contributed by atoms with Gasteiger partial charge in [0.1, 0.15) is 11.4 Å². The quantitative estimate of drug-likeness (QED) is 0.588. The minimum Gasteiger partial charge on any atom is -0.444 e. The molecule has 2 aliphatic rings. The van der Waals surface area contributed by atoms with Crippen LogP contribution in [0.5, 0.6) is 0 Å². The van der Waals surface area contributed by atoms with Gasteiger partial charge in [0.25, 0.3) is 5.91 Å². The maximum absolute atomic E-state index is 13.9. The molecule has 0 aliphatic carbocycles. The first-order valence-electron chi connectivity index (χ1n) is 12.6. The summed E-state index contributed by atoms with van der Waals surface area (Å²) in [5.41, 5.74) is 4.14. The molecule has 192 valence electrons. The summed E-state index contributed by atoms with van der Waals surface area (Å²) in [6, 6.07) is 11.9. The molecule has 2 atom stereocenters. The van der Waals surface area contributed by atoms with Crippen molar-refractivity contribution in [2.45, 2.75) is 52.7 Å². The number of hydrogen-bond donors (Lipinski definition) is 1. The van der Waals surface area contributed by atoms with Crippen LogP contribution in [0.25, 0.3) is 0 Å². The molecule has 0 aromatic heterocycles. The second-order valence-corrected chi connectivity index (χ2v) is 10.9. The molecular weight excluding hydrogens is 457 g/mol. The molecule has 1 unspecified atom stereocenters. The Kier molecular flexibility index (Phi) is 7.50. The van der Waals surface area contributed by atoms with Crippen molar-refractivity contribution in [2.75, 3.05) is 26.2 Å². The van der Waals surface area contributed by atoms with Gasteiger partial charge in [-0.15, -0.1) is 0 Å². The molecule has 6 nitrogen and oxygen atoms in total. The SMILES string of the molecule is Cc1cccc(C)c1C(=O)N1C=C2CN(CC[C@H](NC(=O)OC(C)(C)C)c3cccc(F)c3)CC2C1. The van der Waals surface area contributed by atoms with Crippen LogP contribution in [-0.2, 0) is 4.74 Å². The van der Waals surface area contributed by atoms with Crippen LogP contribution in [0.3, 0.4) is 0 Å². The van der Waals surface area contributed by atoms with E-state index in [1.54, 1.807) is 6.07 Å². The molecule has 0 radical (unpaired) electrons. The van der Waals surface area contributed by atoms with E-state index < -0.39 is 11.7 Å². The van der Waals surface area contributed by atoms with Crippen molar-refractivity contribution in [1.82, 2.24) is 15.1 Å². The number of ether oxygens (including phenoxy) is 1. The van der Waals surface area contributed by atoms with E-state index in [9.17, 15) is 14.0 Å². The summed E-state index contributed by atoms with van der Waals surface area (Å²) in [7, 11) is 0. The zero-order valence-corrected chi connectivity index (χ0v) is 21.8. The number of alkyl carbamates (subject to hydrolysis) is 1. The Labute approximate surface area is 213 Å². The van der Waals surface area contributed by atoms with Crippen LogP contribution in [-0.4, -0.2) is 53.6 Å². The highest BCUT2D eigenvalue weighted by atomic mass is 19.1. The van der Waals surface area contributed by atoms with Gasteiger partial charge in [-0.3, -0.25) is 9.69 Å². The standard InChI is InChI=1S/C29H36FN3O3/c1-19-8-6-9-20(2)26(19)27(34)33-17-22-15-32(16-23(22)18-33)13-12-25(21-10-7-11-24(30)14-21)31-28(35)36-29(3,4)5/h6-11,14,17,23,25H,12-13,15-16,18H2,1-5H3,(H,31,35)/t23?,25-/m0/s1. The number of carbonyl (C=O) groups excluding carboxylic acids is 2. The summed E-state index contributed by atoms with van der Waals surface area (Å²) in [5, 5.41) is 2.92. The Bertz CT molecular complexity index is 1150. The molecule has 0 bridgehead atoms. The molecule has 1 fully saturated rings. The van der Waals surface area contributed by atoms with Gasteiger partial charge in [-0.2, -0.15) is 0 Å². The van der Waals surface area contributed by atoms with Crippen LogP contribution in [0.2, 0.25) is 0 Å². The third kappa shape index (κ3) is 6.13. The fourth-order valence-electron chi connectivity index (χ4n) is 5.11. The molecule has 36 heavy (non-hydrogen) atoms. The predicted molar refractivity (Wildman–Crippen MR) is 138 cm³/mol. The number of aryl methyl sites for hydroxylation is 2. The van der Waals surface area contributed by atoms with E-state index in [2.05, 4.69) is 10.2 Å². The van der Waals surface area contributed by atoms with E-state index in [1.165, 1.54) is 17.7 Å². The lowest BCUT2D eigenvalue weighted by atomic mass is 10.0. The summed E-state index contributed by atoms with van der Waals surface area (Å²) in [6.07, 6.45) is 2.12. The van der Waals surface area contributed by atoms with Crippen molar-refractivity contribution in [3.63, 3.8) is 0 Å². The predicted octanol–water partition coefficient (Wildman–Crippen LogP) is 5.37. The van der Waals surface area contributed by atoms with Gasteiger partial charge in [-0.1, -0.05) is 30.3 Å². The van der Waals surface area contributed by atoms with Gasteiger partial charge in [0.15, 0.2) is 0 Å². The second-order valence-electron chi connectivity index (χ2n) is 10.9. The van der Waals surface area contributed by atoms with Crippen molar-refractivity contribution >= 4 is 12.0 Å². The lowest BCUT2D eigenvalue weighted by Gasteiger charge is -2.26. The van der Waals surface area contributed by atoms with Gasteiger partial charge in [-0.25, -0.2) is 9.18 Å². The Morgan fingerprint density at radius 3 is 2.44 bits per heavy atom. The molecule has 2 amide bonds. The first-order chi connectivity index (χ1) is 17.0. The van der Waals surface area contributed by atoms with Crippen LogP contribution in [0.4, 0.5) is 9.18 Å². The first-order valence-corrected chi connectivity index (χ1v) is 12.6.